The summed E-state index contributed by atoms with van der Waals surface area (Å²) in [5.41, 5.74) is 0.0203. The highest BCUT2D eigenvalue weighted by atomic mass is 32.1. The van der Waals surface area contributed by atoms with Crippen molar-refractivity contribution in [1.82, 2.24) is 4.57 Å². The molecular formula is C38H15F4NO6S3. The average Bonchev–Trinajstić information content (AvgIpc) is 3.92. The summed E-state index contributed by atoms with van der Waals surface area (Å²) in [6.07, 6.45) is 2.03. The molecule has 0 atom stereocenters. The Labute approximate surface area is 300 Å². The summed E-state index contributed by atoms with van der Waals surface area (Å²) in [5, 5.41) is 0. The Hall–Kier alpha value is -5.83. The third kappa shape index (κ3) is 4.78. The van der Waals surface area contributed by atoms with Gasteiger partial charge in [-0.25, -0.2) is 26.9 Å². The first-order chi connectivity index (χ1) is 25.0. The number of hydrogen-bond donors (Lipinski definition) is 0. The molecule has 0 bridgehead atoms. The van der Waals surface area contributed by atoms with Crippen molar-refractivity contribution in [3.63, 3.8) is 0 Å². The van der Waals surface area contributed by atoms with Gasteiger partial charge in [0, 0.05) is 48.9 Å². The van der Waals surface area contributed by atoms with E-state index < -0.39 is 63.6 Å². The smallest absolute Gasteiger partial charge is 0.419 e. The minimum Gasteiger partial charge on any atom is -0.444 e. The molecule has 0 aliphatic heterocycles. The summed E-state index contributed by atoms with van der Waals surface area (Å²) in [7, 11) is 0. The first-order valence-electron chi connectivity index (χ1n) is 15.3. The number of benzene rings is 3. The Balaban J connectivity index is 1.19. The summed E-state index contributed by atoms with van der Waals surface area (Å²) in [4.78, 5) is 65.7. The van der Waals surface area contributed by atoms with Gasteiger partial charge >= 0.3 is 6.09 Å². The van der Waals surface area contributed by atoms with Crippen LogP contribution in [0.15, 0.2) is 66.7 Å². The monoisotopic (exact) mass is 753 g/mol. The number of ketones is 4. The molecule has 2 aliphatic rings. The van der Waals surface area contributed by atoms with Crippen molar-refractivity contribution in [2.24, 2.45) is 0 Å². The second-order valence-corrected chi connectivity index (χ2v) is 15.1. The van der Waals surface area contributed by atoms with E-state index in [1.165, 1.54) is 50.7 Å². The molecule has 0 amide bonds. The van der Waals surface area contributed by atoms with Gasteiger partial charge in [0.2, 0.25) is 23.1 Å². The lowest BCUT2D eigenvalue weighted by atomic mass is 10.1. The van der Waals surface area contributed by atoms with Crippen LogP contribution in [0.2, 0.25) is 0 Å². The topological polar surface area (TPSA) is 99.5 Å². The first-order valence-corrected chi connectivity index (χ1v) is 17.7. The van der Waals surface area contributed by atoms with Gasteiger partial charge in [-0.15, -0.1) is 34.0 Å². The second-order valence-electron chi connectivity index (χ2n) is 11.9. The van der Waals surface area contributed by atoms with E-state index in [0.29, 0.717) is 51.7 Å². The highest BCUT2D eigenvalue weighted by molar-refractivity contribution is 7.36. The largest absolute Gasteiger partial charge is 0.444 e. The standard InChI is InChI=1S/C38H15F4NO6S3/c39-16-6-20-22(31(44)33(46)28(20)24(41)8-16)10-18-12-26-35(50-18)37-30(43(26)38(48)49-14-15-4-2-1-3-5-15)36-27(52-37)13-19(51-36)11-23-21-7-17(40)9-25(42)29(21)34(47)32(23)45/h1-13H,14H2/b22-10-,23-11-. The van der Waals surface area contributed by atoms with Gasteiger partial charge < -0.3 is 4.74 Å². The lowest BCUT2D eigenvalue weighted by molar-refractivity contribution is -0.110. The number of Topliss-reactive ketones (excluding diaryl/α,β-unsaturated/α-hetero) is 4. The van der Waals surface area contributed by atoms with Gasteiger partial charge in [0.15, 0.2) is 0 Å². The molecule has 14 heteroatoms. The van der Waals surface area contributed by atoms with E-state index in [-0.39, 0.29) is 28.9 Å². The molecule has 7 nitrogen and oxygen atoms in total. The van der Waals surface area contributed by atoms with Crippen LogP contribution in [0.1, 0.15) is 47.2 Å². The third-order valence-electron chi connectivity index (χ3n) is 8.77. The van der Waals surface area contributed by atoms with Crippen molar-refractivity contribution in [2.45, 2.75) is 6.61 Å². The Morgan fingerprint density at radius 1 is 0.654 bits per heavy atom. The van der Waals surface area contributed by atoms with Gasteiger partial charge in [-0.1, -0.05) is 30.3 Å². The molecule has 254 valence electrons. The summed E-state index contributed by atoms with van der Waals surface area (Å²) < 4.78 is 67.0. The van der Waals surface area contributed by atoms with Gasteiger partial charge in [0.05, 0.1) is 36.3 Å². The molecule has 4 aromatic heterocycles. The zero-order valence-corrected chi connectivity index (χ0v) is 28.3. The molecule has 7 aromatic rings. The van der Waals surface area contributed by atoms with Crippen molar-refractivity contribution < 1.29 is 46.3 Å². The van der Waals surface area contributed by atoms with Crippen LogP contribution in [-0.2, 0) is 20.9 Å². The number of ether oxygens (including phenoxy) is 1. The third-order valence-corrected chi connectivity index (χ3v) is 12.3. The van der Waals surface area contributed by atoms with Gasteiger partial charge in [0.25, 0.3) is 0 Å². The van der Waals surface area contributed by atoms with E-state index in [1.807, 2.05) is 6.07 Å². The molecule has 9 rings (SSSR count). The number of allylic oxidation sites excluding steroid dienone is 2. The molecule has 3 aromatic carbocycles. The zero-order chi connectivity index (χ0) is 36.2. The lowest BCUT2D eigenvalue weighted by Crippen LogP contribution is -2.13. The van der Waals surface area contributed by atoms with Crippen LogP contribution < -0.4 is 0 Å². The summed E-state index contributed by atoms with van der Waals surface area (Å²) in [6.45, 7) is -0.0514. The SMILES string of the molecule is O=C1C(=O)c2c(F)cc(F)cc2/C1=C/c1cc2c(s1)c1sc3cc(/C=C4\C(=O)C(=O)c5c(F)cc(F)cc54)sc3c1n2C(=O)OCc1ccccc1. The van der Waals surface area contributed by atoms with Crippen LogP contribution in [0.4, 0.5) is 22.4 Å². The van der Waals surface area contributed by atoms with Crippen LogP contribution in [0.25, 0.3) is 53.1 Å². The molecule has 0 radical (unpaired) electrons. The molecule has 0 spiro atoms. The van der Waals surface area contributed by atoms with Crippen molar-refractivity contribution in [2.75, 3.05) is 0 Å². The molecule has 0 fully saturated rings. The highest BCUT2D eigenvalue weighted by Gasteiger charge is 2.38. The minimum absolute atomic E-state index is 0.0514. The predicted molar refractivity (Wildman–Crippen MR) is 190 cm³/mol. The van der Waals surface area contributed by atoms with Crippen molar-refractivity contribution in [3.05, 3.63) is 128 Å². The van der Waals surface area contributed by atoms with Crippen LogP contribution >= 0.6 is 34.0 Å². The van der Waals surface area contributed by atoms with E-state index in [0.717, 1.165) is 17.7 Å². The molecule has 52 heavy (non-hydrogen) atoms. The quantitative estimate of drug-likeness (QED) is 0.101. The molecule has 0 saturated carbocycles. The Bertz CT molecular complexity index is 2890. The van der Waals surface area contributed by atoms with Gasteiger partial charge in [0.1, 0.15) is 29.9 Å². The molecule has 0 N–H and O–H groups in total. The fourth-order valence-corrected chi connectivity index (χ4v) is 10.3. The Morgan fingerprint density at radius 3 is 1.81 bits per heavy atom. The van der Waals surface area contributed by atoms with Gasteiger partial charge in [-0.2, -0.15) is 0 Å². The van der Waals surface area contributed by atoms with Crippen molar-refractivity contribution >= 4 is 116 Å². The normalized spacial score (nSPS) is 15.7. The van der Waals surface area contributed by atoms with E-state index >= 15 is 0 Å². The number of thiophene rings is 3. The Morgan fingerprint density at radius 2 is 1.21 bits per heavy atom. The van der Waals surface area contributed by atoms with Gasteiger partial charge in [-0.3, -0.25) is 19.2 Å². The minimum atomic E-state index is -1.14. The lowest BCUT2D eigenvalue weighted by Gasteiger charge is -2.07. The van der Waals surface area contributed by atoms with E-state index in [2.05, 4.69) is 0 Å². The van der Waals surface area contributed by atoms with Crippen molar-refractivity contribution in [1.29, 1.82) is 0 Å². The number of nitrogens with zero attached hydrogens (tertiary/aromatic N) is 1. The number of hydrogen-bond acceptors (Lipinski definition) is 9. The summed E-state index contributed by atoms with van der Waals surface area (Å²) in [6, 6.07) is 15.3. The van der Waals surface area contributed by atoms with Crippen LogP contribution in [0.3, 0.4) is 0 Å². The summed E-state index contributed by atoms with van der Waals surface area (Å²) >= 11 is 3.70. The van der Waals surface area contributed by atoms with Crippen LogP contribution in [0.5, 0.6) is 0 Å². The number of rotatable bonds is 4. The fourth-order valence-electron chi connectivity index (χ4n) is 6.54. The highest BCUT2D eigenvalue weighted by Crippen LogP contribution is 2.48. The van der Waals surface area contributed by atoms with E-state index in [4.69, 9.17) is 4.74 Å². The number of halogens is 4. The molecule has 0 unspecified atom stereocenters. The van der Waals surface area contributed by atoms with E-state index in [1.54, 1.807) is 36.4 Å². The second kappa shape index (κ2) is 11.6. The zero-order valence-electron chi connectivity index (χ0n) is 25.8. The first kappa shape index (κ1) is 32.1. The maximum Gasteiger partial charge on any atom is 0.419 e. The maximum atomic E-state index is 14.5. The Kier molecular flexibility index (Phi) is 7.16. The summed E-state index contributed by atoms with van der Waals surface area (Å²) in [5.74, 6) is -8.24. The molecular weight excluding hydrogens is 739 g/mol. The van der Waals surface area contributed by atoms with Gasteiger partial charge in [-0.05, 0) is 42.0 Å². The number of aromatic nitrogens is 1. The van der Waals surface area contributed by atoms with Crippen LogP contribution in [-0.4, -0.2) is 33.8 Å². The molecule has 0 saturated heterocycles. The number of fused-ring (bicyclic) bond motifs is 7. The maximum absolute atomic E-state index is 14.5. The van der Waals surface area contributed by atoms with Crippen molar-refractivity contribution in [3.8, 4) is 0 Å². The molecule has 4 heterocycles. The van der Waals surface area contributed by atoms with Crippen LogP contribution in [0, 0.1) is 23.3 Å². The van der Waals surface area contributed by atoms with E-state index in [9.17, 15) is 41.5 Å². The number of carbonyl (C=O) groups excluding carboxylic acids is 5. The fraction of sp³-hybridized carbons (Fsp3) is 0.0263. The molecule has 2 aliphatic carbocycles. The number of carbonyl (C=O) groups is 5. The predicted octanol–water partition coefficient (Wildman–Crippen LogP) is 9.49. The average molecular weight is 754 g/mol.